The van der Waals surface area contributed by atoms with Crippen molar-refractivity contribution in [2.75, 3.05) is 7.11 Å². The van der Waals surface area contributed by atoms with E-state index in [0.717, 1.165) is 23.2 Å². The Hall–Kier alpha value is -3.05. The molecule has 0 aromatic heterocycles. The molecule has 5 heteroatoms. The summed E-state index contributed by atoms with van der Waals surface area (Å²) in [6, 6.07) is 26.5. The van der Waals surface area contributed by atoms with Crippen molar-refractivity contribution in [3.05, 3.63) is 102 Å². The minimum Gasteiger partial charge on any atom is -0.497 e. The first-order valence-corrected chi connectivity index (χ1v) is 10.8. The smallest absolute Gasteiger partial charge is 0.251 e. The number of nitrogens with one attached hydrogen (secondary N) is 1. The molecule has 3 aromatic rings. The lowest BCUT2D eigenvalue weighted by atomic mass is 10.0. The van der Waals surface area contributed by atoms with Crippen LogP contribution in [0, 0.1) is 0 Å². The number of thioether (sulfide) groups is 1. The number of hydrogen-bond acceptors (Lipinski definition) is 4. The first-order valence-electron chi connectivity index (χ1n) is 9.79. The highest BCUT2D eigenvalue weighted by Crippen LogP contribution is 2.23. The van der Waals surface area contributed by atoms with E-state index in [1.807, 2.05) is 72.8 Å². The number of benzene rings is 3. The highest BCUT2D eigenvalue weighted by Gasteiger charge is 2.24. The van der Waals surface area contributed by atoms with Gasteiger partial charge >= 0.3 is 0 Å². The van der Waals surface area contributed by atoms with Crippen LogP contribution in [0.4, 0.5) is 0 Å². The average molecular weight is 420 g/mol. The summed E-state index contributed by atoms with van der Waals surface area (Å²) in [7, 11) is 1.63. The maximum Gasteiger partial charge on any atom is 0.251 e. The van der Waals surface area contributed by atoms with Crippen LogP contribution < -0.4 is 10.1 Å². The zero-order valence-corrected chi connectivity index (χ0v) is 17.7. The third-order valence-corrected chi connectivity index (χ3v) is 6.11. The first-order chi connectivity index (χ1) is 14.7. The van der Waals surface area contributed by atoms with Gasteiger partial charge in [-0.15, -0.1) is 11.8 Å². The molecule has 0 bridgehead atoms. The average Bonchev–Trinajstić information content (AvgIpc) is 2.81. The number of ether oxygens (including phenoxy) is 1. The van der Waals surface area contributed by atoms with Crippen molar-refractivity contribution in [2.24, 2.45) is 0 Å². The fourth-order valence-electron chi connectivity index (χ4n) is 3.12. The summed E-state index contributed by atoms with van der Waals surface area (Å²) in [6.45, 7) is 0. The third kappa shape index (κ3) is 6.22. The molecule has 2 atom stereocenters. The largest absolute Gasteiger partial charge is 0.497 e. The summed E-state index contributed by atoms with van der Waals surface area (Å²) >= 11 is 1.53. The quantitative estimate of drug-likeness (QED) is 0.490. The van der Waals surface area contributed by atoms with Crippen LogP contribution in [0.25, 0.3) is 0 Å². The van der Waals surface area contributed by atoms with E-state index in [1.54, 1.807) is 19.2 Å². The minimum absolute atomic E-state index is 0.173. The molecule has 3 rings (SSSR count). The van der Waals surface area contributed by atoms with Gasteiger partial charge in [-0.2, -0.15) is 0 Å². The Morgan fingerprint density at radius 1 is 0.933 bits per heavy atom. The van der Waals surface area contributed by atoms with Gasteiger partial charge in [-0.25, -0.2) is 0 Å². The number of carbonyl (C=O) groups excluding carboxylic acids is 2. The first kappa shape index (κ1) is 21.7. The lowest BCUT2D eigenvalue weighted by Gasteiger charge is -2.24. The normalized spacial score (nSPS) is 12.6. The van der Waals surface area contributed by atoms with Crippen molar-refractivity contribution in [3.63, 3.8) is 0 Å². The lowest BCUT2D eigenvalue weighted by Crippen LogP contribution is -2.44. The molecular formula is C25H25NO3S. The molecular weight excluding hydrogens is 394 g/mol. The van der Waals surface area contributed by atoms with Crippen molar-refractivity contribution < 1.29 is 14.3 Å². The van der Waals surface area contributed by atoms with E-state index < -0.39 is 0 Å². The van der Waals surface area contributed by atoms with Crippen molar-refractivity contribution in [3.8, 4) is 5.75 Å². The number of amides is 1. The Morgan fingerprint density at radius 3 is 2.17 bits per heavy atom. The number of hydrogen-bond donors (Lipinski definition) is 1. The Morgan fingerprint density at radius 2 is 1.57 bits per heavy atom. The number of carbonyl (C=O) groups is 2. The molecule has 154 valence electrons. The van der Waals surface area contributed by atoms with Crippen LogP contribution in [0.15, 0.2) is 84.9 Å². The molecule has 1 unspecified atom stereocenters. The molecule has 0 aliphatic carbocycles. The molecule has 0 aliphatic heterocycles. The zero-order valence-electron chi connectivity index (χ0n) is 16.9. The second-order valence-electron chi connectivity index (χ2n) is 6.90. The van der Waals surface area contributed by atoms with E-state index in [2.05, 4.69) is 5.32 Å². The summed E-state index contributed by atoms with van der Waals surface area (Å²) in [5.41, 5.74) is 2.76. The van der Waals surface area contributed by atoms with E-state index in [1.165, 1.54) is 11.8 Å². The van der Waals surface area contributed by atoms with Crippen molar-refractivity contribution >= 4 is 24.0 Å². The van der Waals surface area contributed by atoms with Gasteiger partial charge < -0.3 is 14.8 Å². The SMILES string of the molecule is COc1ccc(CS[C@H](C=O)C(Cc2ccccc2)NC(=O)c2ccccc2)cc1. The van der Waals surface area contributed by atoms with E-state index in [4.69, 9.17) is 4.74 Å². The van der Waals surface area contributed by atoms with Gasteiger partial charge in [-0.3, -0.25) is 4.79 Å². The van der Waals surface area contributed by atoms with Gasteiger partial charge in [0, 0.05) is 11.3 Å². The molecule has 0 spiro atoms. The Balaban J connectivity index is 1.73. The van der Waals surface area contributed by atoms with Crippen molar-refractivity contribution in [1.82, 2.24) is 5.32 Å². The van der Waals surface area contributed by atoms with Gasteiger partial charge in [0.1, 0.15) is 12.0 Å². The summed E-state index contributed by atoms with van der Waals surface area (Å²) in [5.74, 6) is 1.29. The molecule has 1 N–H and O–H groups in total. The summed E-state index contributed by atoms with van der Waals surface area (Å²) < 4.78 is 5.20. The van der Waals surface area contributed by atoms with Crippen LogP contribution in [-0.2, 0) is 17.0 Å². The number of methoxy groups -OCH3 is 1. The van der Waals surface area contributed by atoms with Gasteiger partial charge in [0.25, 0.3) is 5.91 Å². The van der Waals surface area contributed by atoms with E-state index in [0.29, 0.717) is 17.7 Å². The van der Waals surface area contributed by atoms with Gasteiger partial charge in [0.2, 0.25) is 0 Å². The predicted octanol–water partition coefficient (Wildman–Crippen LogP) is 4.54. The van der Waals surface area contributed by atoms with Crippen molar-refractivity contribution in [1.29, 1.82) is 0 Å². The molecule has 0 heterocycles. The van der Waals surface area contributed by atoms with Crippen LogP contribution in [0.1, 0.15) is 21.5 Å². The summed E-state index contributed by atoms with van der Waals surface area (Å²) in [6.07, 6.45) is 1.52. The van der Waals surface area contributed by atoms with Gasteiger partial charge in [-0.05, 0) is 41.8 Å². The van der Waals surface area contributed by atoms with Gasteiger partial charge in [-0.1, -0.05) is 60.7 Å². The standard InChI is InChI=1S/C25H25NO3S/c1-29-22-14-12-20(13-15-22)18-30-24(17-27)23(16-19-8-4-2-5-9-19)26-25(28)21-10-6-3-7-11-21/h2-15,17,23-24H,16,18H2,1H3,(H,26,28)/t23?,24-/m1/s1. The van der Waals surface area contributed by atoms with E-state index in [9.17, 15) is 9.59 Å². The molecule has 0 radical (unpaired) electrons. The summed E-state index contributed by atoms with van der Waals surface area (Å²) in [5, 5.41) is 2.70. The molecule has 0 fully saturated rings. The monoisotopic (exact) mass is 419 g/mol. The number of aldehydes is 1. The zero-order chi connectivity index (χ0) is 21.2. The highest BCUT2D eigenvalue weighted by atomic mass is 32.2. The maximum absolute atomic E-state index is 12.8. The Kier molecular flexibility index (Phi) is 8.10. The van der Waals surface area contributed by atoms with Crippen LogP contribution in [0.5, 0.6) is 5.75 Å². The summed E-state index contributed by atoms with van der Waals surface area (Å²) in [4.78, 5) is 24.7. The second-order valence-corrected chi connectivity index (χ2v) is 8.06. The lowest BCUT2D eigenvalue weighted by molar-refractivity contribution is -0.107. The van der Waals surface area contributed by atoms with Gasteiger partial charge in [0.15, 0.2) is 0 Å². The molecule has 0 saturated heterocycles. The van der Waals surface area contributed by atoms with Crippen LogP contribution in [0.3, 0.4) is 0 Å². The second kappa shape index (κ2) is 11.2. The molecule has 3 aromatic carbocycles. The fraction of sp³-hybridized carbons (Fsp3) is 0.200. The molecule has 0 aliphatic rings. The molecule has 4 nitrogen and oxygen atoms in total. The Labute approximate surface area is 181 Å². The predicted molar refractivity (Wildman–Crippen MR) is 122 cm³/mol. The topological polar surface area (TPSA) is 55.4 Å². The van der Waals surface area contributed by atoms with Crippen LogP contribution in [-0.4, -0.2) is 30.6 Å². The van der Waals surface area contributed by atoms with Crippen molar-refractivity contribution in [2.45, 2.75) is 23.5 Å². The molecule has 0 saturated carbocycles. The van der Waals surface area contributed by atoms with E-state index in [-0.39, 0.29) is 17.2 Å². The molecule has 30 heavy (non-hydrogen) atoms. The minimum atomic E-state index is -0.375. The maximum atomic E-state index is 12.8. The van der Waals surface area contributed by atoms with Crippen LogP contribution >= 0.6 is 11.8 Å². The van der Waals surface area contributed by atoms with Crippen LogP contribution in [0.2, 0.25) is 0 Å². The highest BCUT2D eigenvalue weighted by molar-refractivity contribution is 7.99. The molecule has 1 amide bonds. The Bertz CT molecular complexity index is 930. The van der Waals surface area contributed by atoms with Gasteiger partial charge in [0.05, 0.1) is 18.4 Å². The van der Waals surface area contributed by atoms with E-state index >= 15 is 0 Å². The third-order valence-electron chi connectivity index (χ3n) is 4.78. The number of rotatable bonds is 10. The fourth-order valence-corrected chi connectivity index (χ4v) is 4.18.